The zero-order valence-electron chi connectivity index (χ0n) is 13.9. The van der Waals surface area contributed by atoms with Crippen molar-refractivity contribution in [3.05, 3.63) is 70.4 Å². The van der Waals surface area contributed by atoms with Gasteiger partial charge in [-0.05, 0) is 35.4 Å². The van der Waals surface area contributed by atoms with Gasteiger partial charge >= 0.3 is 11.9 Å². The van der Waals surface area contributed by atoms with Crippen molar-refractivity contribution in [1.29, 1.82) is 0 Å². The molecule has 138 valence electrons. The summed E-state index contributed by atoms with van der Waals surface area (Å²) in [4.78, 5) is 16.6. The van der Waals surface area contributed by atoms with Crippen molar-refractivity contribution in [2.75, 3.05) is 0 Å². The van der Waals surface area contributed by atoms with Gasteiger partial charge in [-0.15, -0.1) is 5.10 Å². The predicted molar refractivity (Wildman–Crippen MR) is 88.0 cm³/mol. The summed E-state index contributed by atoms with van der Waals surface area (Å²) in [7, 11) is 0. The van der Waals surface area contributed by atoms with Crippen molar-refractivity contribution in [3.63, 3.8) is 0 Å². The second-order valence-corrected chi connectivity index (χ2v) is 5.89. The van der Waals surface area contributed by atoms with E-state index < -0.39 is 17.4 Å². The Balaban J connectivity index is 1.70. The van der Waals surface area contributed by atoms with Gasteiger partial charge in [-0.1, -0.05) is 17.3 Å². The van der Waals surface area contributed by atoms with Gasteiger partial charge in [0.1, 0.15) is 6.54 Å². The summed E-state index contributed by atoms with van der Waals surface area (Å²) in [6.45, 7) is 1.69. The van der Waals surface area contributed by atoms with Gasteiger partial charge in [-0.3, -0.25) is 0 Å². The molecule has 0 aliphatic rings. The maximum absolute atomic E-state index is 12.7. The first-order valence-corrected chi connectivity index (χ1v) is 7.87. The lowest BCUT2D eigenvalue weighted by atomic mass is 10.1. The van der Waals surface area contributed by atoms with Gasteiger partial charge in [0.2, 0.25) is 5.89 Å². The Hall–Kier alpha value is -3.43. The zero-order chi connectivity index (χ0) is 19.2. The summed E-state index contributed by atoms with van der Waals surface area (Å²) in [5.74, 6) is 0.701. The van der Waals surface area contributed by atoms with Crippen molar-refractivity contribution in [2.45, 2.75) is 19.6 Å². The highest BCUT2D eigenvalue weighted by molar-refractivity contribution is 5.64. The van der Waals surface area contributed by atoms with Crippen LogP contribution in [-0.2, 0) is 12.7 Å². The van der Waals surface area contributed by atoms with E-state index in [1.165, 1.54) is 27.4 Å². The fourth-order valence-electron chi connectivity index (χ4n) is 2.68. The molecule has 0 fully saturated rings. The molecular formula is C17H12F3N5O2. The van der Waals surface area contributed by atoms with Crippen molar-refractivity contribution < 1.29 is 17.7 Å². The van der Waals surface area contributed by atoms with Gasteiger partial charge in [-0.25, -0.2) is 13.9 Å². The first-order valence-electron chi connectivity index (χ1n) is 7.87. The van der Waals surface area contributed by atoms with Crippen LogP contribution in [0.3, 0.4) is 0 Å². The number of aryl methyl sites for hydroxylation is 1. The third-order valence-corrected chi connectivity index (χ3v) is 3.98. The molecule has 4 rings (SSSR count). The van der Waals surface area contributed by atoms with Gasteiger partial charge in [0.05, 0.1) is 5.56 Å². The largest absolute Gasteiger partial charge is 0.416 e. The number of aromatic nitrogens is 5. The first-order chi connectivity index (χ1) is 12.8. The quantitative estimate of drug-likeness (QED) is 0.550. The van der Waals surface area contributed by atoms with E-state index in [9.17, 15) is 18.0 Å². The van der Waals surface area contributed by atoms with E-state index in [1.54, 1.807) is 19.1 Å². The molecule has 0 N–H and O–H groups in total. The van der Waals surface area contributed by atoms with Crippen LogP contribution in [0.2, 0.25) is 0 Å². The van der Waals surface area contributed by atoms with Gasteiger partial charge in [-0.2, -0.15) is 18.2 Å². The molecular weight excluding hydrogens is 363 g/mol. The smallest absolute Gasteiger partial charge is 0.340 e. The van der Waals surface area contributed by atoms with Crippen molar-refractivity contribution in [1.82, 2.24) is 24.3 Å². The molecule has 0 atom stereocenters. The van der Waals surface area contributed by atoms with E-state index in [2.05, 4.69) is 15.2 Å². The van der Waals surface area contributed by atoms with E-state index >= 15 is 0 Å². The molecule has 0 saturated heterocycles. The average molecular weight is 375 g/mol. The van der Waals surface area contributed by atoms with Crippen LogP contribution >= 0.6 is 0 Å². The van der Waals surface area contributed by atoms with E-state index in [-0.39, 0.29) is 6.54 Å². The maximum Gasteiger partial charge on any atom is 0.416 e. The Kier molecular flexibility index (Phi) is 3.83. The Morgan fingerprint density at radius 1 is 1.07 bits per heavy atom. The molecule has 10 heteroatoms. The second kappa shape index (κ2) is 6.08. The van der Waals surface area contributed by atoms with Crippen LogP contribution in [0.4, 0.5) is 13.2 Å². The Labute approximate surface area is 149 Å². The summed E-state index contributed by atoms with van der Waals surface area (Å²) in [5.41, 5.74) is 0.399. The molecule has 27 heavy (non-hydrogen) atoms. The number of halogens is 3. The molecule has 0 radical (unpaired) electrons. The minimum Gasteiger partial charge on any atom is -0.340 e. The molecule has 0 saturated carbocycles. The van der Waals surface area contributed by atoms with Crippen LogP contribution in [0.1, 0.15) is 17.3 Å². The summed E-state index contributed by atoms with van der Waals surface area (Å²) >= 11 is 0. The summed E-state index contributed by atoms with van der Waals surface area (Å²) < 4.78 is 45.5. The van der Waals surface area contributed by atoms with Crippen LogP contribution in [0.15, 0.2) is 51.9 Å². The molecule has 3 heterocycles. The molecule has 0 spiro atoms. The van der Waals surface area contributed by atoms with Crippen LogP contribution < -0.4 is 5.69 Å². The number of alkyl halides is 3. The highest BCUT2D eigenvalue weighted by Crippen LogP contribution is 2.30. The van der Waals surface area contributed by atoms with Gasteiger partial charge in [0, 0.05) is 13.1 Å². The lowest BCUT2D eigenvalue weighted by Gasteiger charge is -2.07. The van der Waals surface area contributed by atoms with Gasteiger partial charge < -0.3 is 4.52 Å². The summed E-state index contributed by atoms with van der Waals surface area (Å²) in [6, 6.07) is 8.04. The van der Waals surface area contributed by atoms with Crippen LogP contribution in [0, 0.1) is 6.92 Å². The fourth-order valence-corrected chi connectivity index (χ4v) is 2.68. The number of pyridine rings is 1. The maximum atomic E-state index is 12.7. The Morgan fingerprint density at radius 3 is 2.41 bits per heavy atom. The van der Waals surface area contributed by atoms with Crippen molar-refractivity contribution >= 4 is 5.65 Å². The highest BCUT2D eigenvalue weighted by atomic mass is 19.4. The number of nitrogens with zero attached hydrogens (tertiary/aromatic N) is 5. The number of rotatable bonds is 3. The molecule has 0 bridgehead atoms. The fraction of sp³-hybridized carbons (Fsp3) is 0.176. The third kappa shape index (κ3) is 3.21. The van der Waals surface area contributed by atoms with Crippen LogP contribution in [0.25, 0.3) is 16.8 Å². The molecule has 3 aromatic heterocycles. The lowest BCUT2D eigenvalue weighted by molar-refractivity contribution is -0.137. The van der Waals surface area contributed by atoms with Crippen LogP contribution in [0.5, 0.6) is 0 Å². The van der Waals surface area contributed by atoms with Crippen molar-refractivity contribution in [2.24, 2.45) is 0 Å². The molecule has 7 nitrogen and oxygen atoms in total. The number of hydrogen-bond acceptors (Lipinski definition) is 5. The third-order valence-electron chi connectivity index (χ3n) is 3.98. The number of fused-ring (bicyclic) bond motifs is 1. The molecule has 0 amide bonds. The van der Waals surface area contributed by atoms with E-state index in [0.717, 1.165) is 12.1 Å². The van der Waals surface area contributed by atoms with Gasteiger partial charge in [0.25, 0.3) is 0 Å². The number of benzene rings is 1. The normalized spacial score (nSPS) is 12.0. The molecule has 0 aliphatic heterocycles. The van der Waals surface area contributed by atoms with Crippen molar-refractivity contribution in [3.8, 4) is 11.1 Å². The summed E-state index contributed by atoms with van der Waals surface area (Å²) in [5, 5.41) is 7.92. The average Bonchev–Trinajstić information content (AvgIpc) is 3.18. The standard InChI is InChI=1S/C17H12F3N5O2/c1-10-21-14(23-27-10)9-25-16(26)24-8-12(4-7-15(24)22-25)11-2-5-13(6-3-11)17(18,19)20/h2-8H,9H2,1H3. The molecule has 0 unspecified atom stereocenters. The minimum atomic E-state index is -4.39. The minimum absolute atomic E-state index is 0.0491. The summed E-state index contributed by atoms with van der Waals surface area (Å²) in [6.07, 6.45) is -2.86. The highest BCUT2D eigenvalue weighted by Gasteiger charge is 2.30. The predicted octanol–water partition coefficient (Wildman–Crippen LogP) is 2.92. The van der Waals surface area contributed by atoms with Crippen LogP contribution in [-0.4, -0.2) is 24.3 Å². The Bertz CT molecular complexity index is 1170. The van der Waals surface area contributed by atoms with E-state index in [4.69, 9.17) is 4.52 Å². The second-order valence-electron chi connectivity index (χ2n) is 5.89. The Morgan fingerprint density at radius 2 is 1.78 bits per heavy atom. The zero-order valence-corrected chi connectivity index (χ0v) is 13.9. The molecule has 4 aromatic rings. The topological polar surface area (TPSA) is 78.2 Å². The monoisotopic (exact) mass is 375 g/mol. The first kappa shape index (κ1) is 17.0. The van der Waals surface area contributed by atoms with Gasteiger partial charge in [0.15, 0.2) is 11.5 Å². The lowest BCUT2D eigenvalue weighted by Crippen LogP contribution is -2.22. The van der Waals surface area contributed by atoms with E-state index in [0.29, 0.717) is 28.5 Å². The van der Waals surface area contributed by atoms with E-state index in [1.807, 2.05) is 0 Å². The molecule has 0 aliphatic carbocycles. The molecule has 1 aromatic carbocycles. The number of hydrogen-bond donors (Lipinski definition) is 0. The SMILES string of the molecule is Cc1nc(Cn2nc3ccc(-c4ccc(C(F)(F)F)cc4)cn3c2=O)no1.